The highest BCUT2D eigenvalue weighted by Gasteiger charge is 2.08. The van der Waals surface area contributed by atoms with Crippen LogP contribution >= 0.6 is 11.6 Å². The van der Waals surface area contributed by atoms with Gasteiger partial charge in [-0.3, -0.25) is 5.32 Å². The third kappa shape index (κ3) is 2.73. The number of rotatable bonds is 3. The van der Waals surface area contributed by atoms with Crippen LogP contribution in [0.5, 0.6) is 0 Å². The molecule has 0 saturated carbocycles. The van der Waals surface area contributed by atoms with Gasteiger partial charge in [-0.15, -0.1) is 6.42 Å². The number of nitrogens with one attached hydrogen (secondary N) is 1. The highest BCUT2D eigenvalue weighted by molar-refractivity contribution is 6.31. The summed E-state index contributed by atoms with van der Waals surface area (Å²) >= 11 is 5.87. The molecule has 14 heavy (non-hydrogen) atoms. The molecule has 0 heterocycles. The van der Waals surface area contributed by atoms with Gasteiger partial charge in [0.1, 0.15) is 5.82 Å². The molecule has 0 bridgehead atoms. The van der Waals surface area contributed by atoms with E-state index in [1.807, 2.05) is 6.92 Å². The van der Waals surface area contributed by atoms with Crippen molar-refractivity contribution in [1.29, 1.82) is 0 Å². The second-order valence-corrected chi connectivity index (χ2v) is 3.38. The Balaban J connectivity index is 2.80. The highest BCUT2D eigenvalue weighted by Crippen LogP contribution is 2.23. The summed E-state index contributed by atoms with van der Waals surface area (Å²) < 4.78 is 12.7. The van der Waals surface area contributed by atoms with E-state index in [-0.39, 0.29) is 11.9 Å². The van der Waals surface area contributed by atoms with Crippen LogP contribution in [0.2, 0.25) is 5.02 Å². The third-order valence-electron chi connectivity index (χ3n) is 1.94. The molecule has 1 unspecified atom stereocenters. The molecular weight excluding hydrogens is 201 g/mol. The second kappa shape index (κ2) is 4.99. The second-order valence-electron chi connectivity index (χ2n) is 2.97. The highest BCUT2D eigenvalue weighted by atomic mass is 35.5. The number of hydrogen-bond acceptors (Lipinski definition) is 1. The monoisotopic (exact) mass is 211 g/mol. The molecule has 0 spiro atoms. The summed E-state index contributed by atoms with van der Waals surface area (Å²) in [7, 11) is 0. The number of benzene rings is 1. The Labute approximate surface area is 88.3 Å². The van der Waals surface area contributed by atoms with Gasteiger partial charge in [-0.05, 0) is 24.6 Å². The molecule has 3 heteroatoms. The summed E-state index contributed by atoms with van der Waals surface area (Å²) in [5.74, 6) is 2.14. The van der Waals surface area contributed by atoms with Crippen LogP contribution in [0.1, 0.15) is 18.5 Å². The van der Waals surface area contributed by atoms with Crippen LogP contribution in [0.15, 0.2) is 18.2 Å². The molecule has 74 valence electrons. The van der Waals surface area contributed by atoms with E-state index in [1.165, 1.54) is 12.1 Å². The molecule has 1 aromatic rings. The average Bonchev–Trinajstić information content (AvgIpc) is 2.14. The van der Waals surface area contributed by atoms with Crippen molar-refractivity contribution in [2.45, 2.75) is 13.0 Å². The quantitative estimate of drug-likeness (QED) is 0.759. The van der Waals surface area contributed by atoms with Crippen LogP contribution < -0.4 is 5.32 Å². The van der Waals surface area contributed by atoms with Crippen molar-refractivity contribution >= 4 is 11.6 Å². The van der Waals surface area contributed by atoms with Crippen molar-refractivity contribution in [2.75, 3.05) is 6.54 Å². The minimum Gasteiger partial charge on any atom is -0.300 e. The van der Waals surface area contributed by atoms with Gasteiger partial charge in [0, 0.05) is 11.1 Å². The molecule has 0 fully saturated rings. The Morgan fingerprint density at radius 2 is 2.36 bits per heavy atom. The summed E-state index contributed by atoms with van der Waals surface area (Å²) in [6, 6.07) is 4.37. The van der Waals surface area contributed by atoms with Gasteiger partial charge in [-0.1, -0.05) is 23.6 Å². The Hall–Kier alpha value is -1.04. The van der Waals surface area contributed by atoms with Gasteiger partial charge >= 0.3 is 0 Å². The third-order valence-corrected chi connectivity index (χ3v) is 2.27. The minimum atomic E-state index is -0.331. The lowest BCUT2D eigenvalue weighted by atomic mass is 10.1. The summed E-state index contributed by atoms with van der Waals surface area (Å²) in [6.07, 6.45) is 5.11. The molecule has 0 saturated heterocycles. The van der Waals surface area contributed by atoms with Gasteiger partial charge in [-0.25, -0.2) is 4.39 Å². The molecule has 0 aliphatic heterocycles. The number of halogens is 2. The van der Waals surface area contributed by atoms with Crippen molar-refractivity contribution in [3.63, 3.8) is 0 Å². The van der Waals surface area contributed by atoms with Crippen molar-refractivity contribution in [3.05, 3.63) is 34.6 Å². The zero-order chi connectivity index (χ0) is 10.6. The topological polar surface area (TPSA) is 12.0 Å². The largest absolute Gasteiger partial charge is 0.300 e. The first-order valence-electron chi connectivity index (χ1n) is 4.27. The predicted molar refractivity (Wildman–Crippen MR) is 56.7 cm³/mol. The van der Waals surface area contributed by atoms with Crippen LogP contribution in [0.25, 0.3) is 0 Å². The molecule has 1 rings (SSSR count). The van der Waals surface area contributed by atoms with E-state index in [0.29, 0.717) is 11.6 Å². The molecule has 1 aromatic carbocycles. The van der Waals surface area contributed by atoms with Crippen molar-refractivity contribution in [1.82, 2.24) is 5.32 Å². The first-order valence-corrected chi connectivity index (χ1v) is 4.64. The van der Waals surface area contributed by atoms with E-state index in [9.17, 15) is 4.39 Å². The van der Waals surface area contributed by atoms with Gasteiger partial charge in [0.25, 0.3) is 0 Å². The molecule has 0 amide bonds. The first kappa shape index (κ1) is 11.0. The Morgan fingerprint density at radius 1 is 1.64 bits per heavy atom. The van der Waals surface area contributed by atoms with Gasteiger partial charge in [-0.2, -0.15) is 0 Å². The molecule has 0 radical (unpaired) electrons. The first-order chi connectivity index (χ1) is 6.65. The van der Waals surface area contributed by atoms with Crippen molar-refractivity contribution in [3.8, 4) is 12.3 Å². The summed E-state index contributed by atoms with van der Waals surface area (Å²) in [6.45, 7) is 2.39. The van der Waals surface area contributed by atoms with Crippen LogP contribution in [-0.2, 0) is 0 Å². The van der Waals surface area contributed by atoms with Gasteiger partial charge in [0.15, 0.2) is 0 Å². The number of terminal acetylenes is 1. The van der Waals surface area contributed by atoms with Gasteiger partial charge in [0.05, 0.1) is 6.54 Å². The van der Waals surface area contributed by atoms with E-state index < -0.39 is 0 Å². The Bertz CT molecular complexity index is 357. The zero-order valence-electron chi connectivity index (χ0n) is 7.85. The lowest BCUT2D eigenvalue weighted by molar-refractivity contribution is 0.609. The summed E-state index contributed by atoms with van der Waals surface area (Å²) in [4.78, 5) is 0. The van der Waals surface area contributed by atoms with E-state index in [4.69, 9.17) is 18.0 Å². The summed E-state index contributed by atoms with van der Waals surface area (Å²) in [5, 5.41) is 3.48. The van der Waals surface area contributed by atoms with Crippen LogP contribution in [-0.4, -0.2) is 6.54 Å². The van der Waals surface area contributed by atoms with Crippen LogP contribution in [0.3, 0.4) is 0 Å². The Morgan fingerprint density at radius 3 is 2.93 bits per heavy atom. The Kier molecular flexibility index (Phi) is 3.94. The fraction of sp³-hybridized carbons (Fsp3) is 0.273. The van der Waals surface area contributed by atoms with Gasteiger partial charge < -0.3 is 0 Å². The minimum absolute atomic E-state index is 0.0270. The molecule has 0 aliphatic rings. The maximum atomic E-state index is 12.7. The van der Waals surface area contributed by atoms with Gasteiger partial charge in [0.2, 0.25) is 0 Å². The van der Waals surface area contributed by atoms with Crippen LogP contribution in [0.4, 0.5) is 4.39 Å². The lowest BCUT2D eigenvalue weighted by Crippen LogP contribution is -2.18. The van der Waals surface area contributed by atoms with Crippen molar-refractivity contribution in [2.24, 2.45) is 0 Å². The summed E-state index contributed by atoms with van der Waals surface area (Å²) in [5.41, 5.74) is 0.850. The number of hydrogen-bond donors (Lipinski definition) is 1. The molecule has 0 aromatic heterocycles. The van der Waals surface area contributed by atoms with E-state index >= 15 is 0 Å². The van der Waals surface area contributed by atoms with Crippen molar-refractivity contribution < 1.29 is 4.39 Å². The van der Waals surface area contributed by atoms with E-state index in [1.54, 1.807) is 6.07 Å². The fourth-order valence-electron chi connectivity index (χ4n) is 1.17. The molecular formula is C11H11ClFN. The fourth-order valence-corrected chi connectivity index (χ4v) is 1.51. The van der Waals surface area contributed by atoms with Crippen LogP contribution in [0, 0.1) is 18.2 Å². The maximum Gasteiger partial charge on any atom is 0.124 e. The molecule has 0 aliphatic carbocycles. The maximum absolute atomic E-state index is 12.7. The van der Waals surface area contributed by atoms with E-state index in [0.717, 1.165) is 5.56 Å². The smallest absolute Gasteiger partial charge is 0.124 e. The normalized spacial score (nSPS) is 12.1. The SMILES string of the molecule is C#CCNC(C)c1ccc(F)cc1Cl. The molecule has 1 atom stereocenters. The zero-order valence-corrected chi connectivity index (χ0v) is 8.61. The predicted octanol–water partition coefficient (Wildman–Crippen LogP) is 2.76. The standard InChI is InChI=1S/C11H11ClFN/c1-3-6-14-8(2)10-5-4-9(13)7-11(10)12/h1,4-5,7-8,14H,6H2,2H3. The average molecular weight is 212 g/mol. The lowest BCUT2D eigenvalue weighted by Gasteiger charge is -2.13. The molecule has 1 N–H and O–H groups in total. The molecule has 1 nitrogen and oxygen atoms in total. The van der Waals surface area contributed by atoms with E-state index in [2.05, 4.69) is 11.2 Å².